The number of amides is 1. The Balaban J connectivity index is 2.04. The van der Waals surface area contributed by atoms with E-state index in [4.69, 9.17) is 10.5 Å². The lowest BCUT2D eigenvalue weighted by molar-refractivity contribution is -0.128. The van der Waals surface area contributed by atoms with E-state index in [1.807, 2.05) is 30.7 Å². The topological polar surface area (TPSA) is 71.7 Å². The zero-order valence-corrected chi connectivity index (χ0v) is 13.0. The van der Waals surface area contributed by atoms with Gasteiger partial charge in [0.2, 0.25) is 11.8 Å². The molecule has 1 aromatic heterocycles. The lowest BCUT2D eigenvalue weighted by atomic mass is 10.3. The summed E-state index contributed by atoms with van der Waals surface area (Å²) in [6, 6.07) is 3.57. The highest BCUT2D eigenvalue weighted by molar-refractivity contribution is 5.81. The molecule has 0 unspecified atom stereocenters. The van der Waals surface area contributed by atoms with Crippen LogP contribution in [-0.2, 0) is 4.79 Å². The van der Waals surface area contributed by atoms with Gasteiger partial charge in [-0.25, -0.2) is 0 Å². The van der Waals surface area contributed by atoms with Crippen LogP contribution in [0.15, 0.2) is 12.1 Å². The lowest BCUT2D eigenvalue weighted by Crippen LogP contribution is -2.37. The third-order valence-corrected chi connectivity index (χ3v) is 3.44. The molecule has 1 aromatic rings. The van der Waals surface area contributed by atoms with Gasteiger partial charge in [0.25, 0.3) is 0 Å². The van der Waals surface area contributed by atoms with Gasteiger partial charge in [0.05, 0.1) is 18.3 Å². The molecule has 116 valence electrons. The lowest BCUT2D eigenvalue weighted by Gasteiger charge is -2.23. The van der Waals surface area contributed by atoms with Gasteiger partial charge in [0.1, 0.15) is 5.82 Å². The van der Waals surface area contributed by atoms with Crippen molar-refractivity contribution in [3.05, 3.63) is 12.1 Å². The number of aromatic nitrogens is 1. The van der Waals surface area contributed by atoms with Crippen molar-refractivity contribution in [3.63, 3.8) is 0 Å². The van der Waals surface area contributed by atoms with Crippen LogP contribution in [0, 0.1) is 0 Å². The monoisotopic (exact) mass is 292 g/mol. The summed E-state index contributed by atoms with van der Waals surface area (Å²) >= 11 is 0. The average molecular weight is 292 g/mol. The Labute approximate surface area is 125 Å². The van der Waals surface area contributed by atoms with Crippen LogP contribution in [0.25, 0.3) is 0 Å². The number of pyridine rings is 1. The number of carbonyl (C=O) groups is 1. The predicted octanol–water partition coefficient (Wildman–Crippen LogP) is 1.51. The highest BCUT2D eigenvalue weighted by atomic mass is 16.5. The molecular formula is C15H24N4O2. The zero-order valence-electron chi connectivity index (χ0n) is 13.0. The van der Waals surface area contributed by atoms with Crippen LogP contribution in [0.4, 0.5) is 11.5 Å². The van der Waals surface area contributed by atoms with E-state index in [1.54, 1.807) is 12.1 Å². The minimum atomic E-state index is 0.00610. The van der Waals surface area contributed by atoms with Gasteiger partial charge in [0, 0.05) is 20.1 Å². The summed E-state index contributed by atoms with van der Waals surface area (Å²) in [6.07, 6.45) is 2.20. The molecule has 0 bridgehead atoms. The van der Waals surface area contributed by atoms with E-state index < -0.39 is 0 Å². The van der Waals surface area contributed by atoms with Crippen LogP contribution in [0.5, 0.6) is 5.88 Å². The summed E-state index contributed by atoms with van der Waals surface area (Å²) in [5.41, 5.74) is 6.36. The first-order valence-electron chi connectivity index (χ1n) is 7.39. The number of nitrogens with zero attached hydrogens (tertiary/aromatic N) is 3. The van der Waals surface area contributed by atoms with Crippen molar-refractivity contribution >= 4 is 17.4 Å². The molecule has 1 aliphatic rings. The van der Waals surface area contributed by atoms with Crippen molar-refractivity contribution in [1.29, 1.82) is 0 Å². The van der Waals surface area contributed by atoms with Gasteiger partial charge in [-0.2, -0.15) is 4.98 Å². The fourth-order valence-corrected chi connectivity index (χ4v) is 2.32. The number of likely N-dealkylation sites (tertiary alicyclic amines) is 1. The second kappa shape index (κ2) is 6.65. The number of hydrogen-bond acceptors (Lipinski definition) is 5. The second-order valence-electron chi connectivity index (χ2n) is 5.67. The standard InChI is InChI=1S/C15H24N4O2/c1-11(2)21-15-12(16)6-7-13(17-15)18(3)10-14(20)19-8-4-5-9-19/h6-7,11H,4-5,8-10,16H2,1-3H3. The van der Waals surface area contributed by atoms with E-state index in [1.165, 1.54) is 0 Å². The maximum Gasteiger partial charge on any atom is 0.242 e. The summed E-state index contributed by atoms with van der Waals surface area (Å²) < 4.78 is 5.58. The van der Waals surface area contributed by atoms with Gasteiger partial charge >= 0.3 is 0 Å². The molecule has 2 N–H and O–H groups in total. The fourth-order valence-electron chi connectivity index (χ4n) is 2.32. The molecular weight excluding hydrogens is 268 g/mol. The van der Waals surface area contributed by atoms with Gasteiger partial charge in [-0.1, -0.05) is 0 Å². The molecule has 0 spiro atoms. The number of likely N-dealkylation sites (N-methyl/N-ethyl adjacent to an activating group) is 1. The maximum absolute atomic E-state index is 12.2. The Bertz CT molecular complexity index is 498. The molecule has 2 heterocycles. The van der Waals surface area contributed by atoms with Crippen LogP contribution in [0.2, 0.25) is 0 Å². The quantitative estimate of drug-likeness (QED) is 0.890. The van der Waals surface area contributed by atoms with Crippen molar-refractivity contribution < 1.29 is 9.53 Å². The number of ether oxygens (including phenoxy) is 1. The number of anilines is 2. The molecule has 1 fully saturated rings. The largest absolute Gasteiger partial charge is 0.473 e. The molecule has 1 amide bonds. The van der Waals surface area contributed by atoms with Crippen LogP contribution < -0.4 is 15.4 Å². The number of carbonyl (C=O) groups excluding carboxylic acids is 1. The Morgan fingerprint density at radius 2 is 2.10 bits per heavy atom. The van der Waals surface area contributed by atoms with Gasteiger partial charge in [-0.3, -0.25) is 4.79 Å². The molecule has 0 radical (unpaired) electrons. The third kappa shape index (κ3) is 4.00. The van der Waals surface area contributed by atoms with Gasteiger partial charge < -0.3 is 20.3 Å². The smallest absolute Gasteiger partial charge is 0.242 e. The summed E-state index contributed by atoms with van der Waals surface area (Å²) in [4.78, 5) is 20.3. The van der Waals surface area contributed by atoms with E-state index in [2.05, 4.69) is 4.98 Å². The van der Waals surface area contributed by atoms with E-state index in [-0.39, 0.29) is 12.0 Å². The average Bonchev–Trinajstić information content (AvgIpc) is 2.94. The first kappa shape index (κ1) is 15.4. The number of hydrogen-bond donors (Lipinski definition) is 1. The van der Waals surface area contributed by atoms with E-state index in [0.29, 0.717) is 23.9 Å². The highest BCUT2D eigenvalue weighted by Crippen LogP contribution is 2.23. The van der Waals surface area contributed by atoms with Crippen molar-refractivity contribution in [1.82, 2.24) is 9.88 Å². The summed E-state index contributed by atoms with van der Waals surface area (Å²) in [5, 5.41) is 0. The first-order chi connectivity index (χ1) is 9.97. The van der Waals surface area contributed by atoms with Crippen LogP contribution in [-0.4, -0.2) is 48.6 Å². The number of nitrogen functional groups attached to an aromatic ring is 1. The SMILES string of the molecule is CC(C)Oc1nc(N(C)CC(=O)N2CCCC2)ccc1N. The van der Waals surface area contributed by atoms with Crippen molar-refractivity contribution in [2.24, 2.45) is 0 Å². The van der Waals surface area contributed by atoms with E-state index in [9.17, 15) is 4.79 Å². The number of nitrogens with two attached hydrogens (primary N) is 1. The molecule has 1 saturated heterocycles. The van der Waals surface area contributed by atoms with E-state index >= 15 is 0 Å². The van der Waals surface area contributed by atoms with Crippen LogP contribution in [0.3, 0.4) is 0 Å². The Kier molecular flexibility index (Phi) is 4.88. The second-order valence-corrected chi connectivity index (χ2v) is 5.67. The highest BCUT2D eigenvalue weighted by Gasteiger charge is 2.20. The minimum Gasteiger partial charge on any atom is -0.473 e. The summed E-state index contributed by atoms with van der Waals surface area (Å²) in [5.74, 6) is 1.25. The number of rotatable bonds is 5. The van der Waals surface area contributed by atoms with Gasteiger partial charge in [-0.05, 0) is 38.8 Å². The van der Waals surface area contributed by atoms with Crippen LogP contribution >= 0.6 is 0 Å². The molecule has 6 heteroatoms. The third-order valence-electron chi connectivity index (χ3n) is 3.44. The normalized spacial score (nSPS) is 14.6. The minimum absolute atomic E-state index is 0.00610. The Hall–Kier alpha value is -1.98. The Morgan fingerprint density at radius 3 is 2.71 bits per heavy atom. The molecule has 0 aromatic carbocycles. The summed E-state index contributed by atoms with van der Waals surface area (Å²) in [7, 11) is 1.85. The van der Waals surface area contributed by atoms with Crippen molar-refractivity contribution in [2.75, 3.05) is 37.3 Å². The molecule has 6 nitrogen and oxygen atoms in total. The summed E-state index contributed by atoms with van der Waals surface area (Å²) in [6.45, 7) is 5.90. The molecule has 0 aliphatic carbocycles. The Morgan fingerprint density at radius 1 is 1.43 bits per heavy atom. The van der Waals surface area contributed by atoms with Gasteiger partial charge in [-0.15, -0.1) is 0 Å². The fraction of sp³-hybridized carbons (Fsp3) is 0.600. The van der Waals surface area contributed by atoms with Gasteiger partial charge in [0.15, 0.2) is 0 Å². The predicted molar refractivity (Wildman–Crippen MR) is 83.5 cm³/mol. The molecule has 0 atom stereocenters. The van der Waals surface area contributed by atoms with Crippen LogP contribution in [0.1, 0.15) is 26.7 Å². The van der Waals surface area contributed by atoms with E-state index in [0.717, 1.165) is 25.9 Å². The molecule has 2 rings (SSSR count). The van der Waals surface area contributed by atoms with Crippen molar-refractivity contribution in [2.45, 2.75) is 32.8 Å². The maximum atomic E-state index is 12.2. The van der Waals surface area contributed by atoms with Crippen molar-refractivity contribution in [3.8, 4) is 5.88 Å². The molecule has 21 heavy (non-hydrogen) atoms. The zero-order chi connectivity index (χ0) is 15.4. The molecule has 0 saturated carbocycles. The first-order valence-corrected chi connectivity index (χ1v) is 7.39. The molecule has 1 aliphatic heterocycles.